The van der Waals surface area contributed by atoms with E-state index in [-0.39, 0.29) is 5.95 Å². The number of pyridine rings is 1. The van der Waals surface area contributed by atoms with Gasteiger partial charge in [0, 0.05) is 23.8 Å². The highest BCUT2D eigenvalue weighted by Crippen LogP contribution is 2.31. The van der Waals surface area contributed by atoms with Crippen molar-refractivity contribution in [1.82, 2.24) is 14.5 Å². The van der Waals surface area contributed by atoms with Gasteiger partial charge in [-0.25, -0.2) is 4.98 Å². The van der Waals surface area contributed by atoms with Crippen molar-refractivity contribution in [2.75, 3.05) is 11.5 Å². The molecule has 0 saturated carbocycles. The van der Waals surface area contributed by atoms with Crippen molar-refractivity contribution in [2.45, 2.75) is 52.8 Å². The highest BCUT2D eigenvalue weighted by molar-refractivity contribution is 5.85. The first kappa shape index (κ1) is 23.2. The molecule has 30 heavy (non-hydrogen) atoms. The van der Waals surface area contributed by atoms with Crippen molar-refractivity contribution in [2.24, 2.45) is 0 Å². The topological polar surface area (TPSA) is 107 Å². The Morgan fingerprint density at radius 1 is 1.10 bits per heavy atom. The summed E-state index contributed by atoms with van der Waals surface area (Å²) in [5.74, 6) is -0.935. The molecule has 0 aliphatic rings. The summed E-state index contributed by atoms with van der Waals surface area (Å²) in [7, 11) is 0. The summed E-state index contributed by atoms with van der Waals surface area (Å²) in [6, 6.07) is 8.62. The third kappa shape index (κ3) is 5.08. The van der Waals surface area contributed by atoms with Crippen LogP contribution in [0, 0.1) is 5.41 Å². The van der Waals surface area contributed by atoms with Gasteiger partial charge in [0.25, 0.3) is 0 Å². The lowest BCUT2D eigenvalue weighted by Gasteiger charge is -2.15. The molecule has 1 aromatic carbocycles. The molecule has 0 bridgehead atoms. The second-order valence-electron chi connectivity index (χ2n) is 6.75. The minimum absolute atomic E-state index is 0.277. The number of anilines is 2. The largest absolute Gasteiger partial charge is 0.421 e. The summed E-state index contributed by atoms with van der Waals surface area (Å²) in [4.78, 5) is 6.34. The standard InChI is InChI=1S/C16H22N2.C5H5F3N4/c1-4-10-18-14(6-3)11-13-9-7-8-12(5-2)15(13)16(18)17;6-5(7,8)2-1-11-4(10)12-3(2)9/h7-9,11,17H,4-6,10H2,1-3H3;1H,(H4,9,10,11,12). The fourth-order valence-corrected chi connectivity index (χ4v) is 3.26. The summed E-state index contributed by atoms with van der Waals surface area (Å²) in [6.07, 6.45) is -0.933. The molecule has 6 nitrogen and oxygen atoms in total. The third-order valence-corrected chi connectivity index (χ3v) is 4.69. The Labute approximate surface area is 173 Å². The normalized spacial score (nSPS) is 11.3. The Kier molecular flexibility index (Phi) is 7.42. The second kappa shape index (κ2) is 9.60. The number of nitrogen functional groups attached to an aromatic ring is 2. The van der Waals surface area contributed by atoms with Crippen LogP contribution in [0.25, 0.3) is 10.8 Å². The van der Waals surface area contributed by atoms with Crippen LogP contribution >= 0.6 is 0 Å². The first-order valence-electron chi connectivity index (χ1n) is 9.78. The molecule has 0 atom stereocenters. The van der Waals surface area contributed by atoms with E-state index in [9.17, 15) is 13.2 Å². The minimum atomic E-state index is -4.53. The minimum Gasteiger partial charge on any atom is -0.383 e. The third-order valence-electron chi connectivity index (χ3n) is 4.69. The van der Waals surface area contributed by atoms with Crippen LogP contribution in [-0.2, 0) is 25.6 Å². The quantitative estimate of drug-likeness (QED) is 0.584. The number of benzene rings is 1. The second-order valence-corrected chi connectivity index (χ2v) is 6.75. The lowest BCUT2D eigenvalue weighted by molar-refractivity contribution is -0.137. The molecular weight excluding hydrogens is 393 g/mol. The van der Waals surface area contributed by atoms with Gasteiger partial charge < -0.3 is 16.0 Å². The van der Waals surface area contributed by atoms with Crippen molar-refractivity contribution >= 4 is 22.5 Å². The van der Waals surface area contributed by atoms with Gasteiger partial charge in [-0.3, -0.25) is 5.41 Å². The van der Waals surface area contributed by atoms with E-state index < -0.39 is 17.6 Å². The molecule has 2 heterocycles. The molecule has 0 radical (unpaired) electrons. The molecule has 0 amide bonds. The molecule has 3 rings (SSSR count). The van der Waals surface area contributed by atoms with E-state index in [4.69, 9.17) is 16.9 Å². The fraction of sp³-hybridized carbons (Fsp3) is 0.381. The van der Waals surface area contributed by atoms with Crippen molar-refractivity contribution in [3.8, 4) is 0 Å². The van der Waals surface area contributed by atoms with Crippen molar-refractivity contribution in [3.05, 3.63) is 52.8 Å². The molecule has 3 aromatic rings. The van der Waals surface area contributed by atoms with Gasteiger partial charge in [-0.05, 0) is 36.3 Å². The SMILES string of the molecule is CCCn1c(CC)cc2cccc(CC)c2c1=N.Nc1ncc(C(F)(F)F)c(N)n1. The maximum Gasteiger partial charge on any atom is 0.421 e. The molecule has 0 saturated heterocycles. The number of nitrogens with one attached hydrogen (secondary N) is 1. The zero-order valence-corrected chi connectivity index (χ0v) is 17.3. The number of nitrogens with two attached hydrogens (primary N) is 2. The van der Waals surface area contributed by atoms with Gasteiger partial charge in [0.1, 0.15) is 16.9 Å². The number of rotatable bonds is 4. The van der Waals surface area contributed by atoms with Gasteiger partial charge in [0.05, 0.1) is 0 Å². The van der Waals surface area contributed by atoms with Gasteiger partial charge in [-0.2, -0.15) is 18.2 Å². The number of aryl methyl sites for hydroxylation is 2. The molecule has 0 spiro atoms. The number of aromatic nitrogens is 3. The molecule has 9 heteroatoms. The number of nitrogens with zero attached hydrogens (tertiary/aromatic N) is 3. The number of fused-ring (bicyclic) bond motifs is 1. The van der Waals surface area contributed by atoms with Crippen molar-refractivity contribution < 1.29 is 13.2 Å². The fourth-order valence-electron chi connectivity index (χ4n) is 3.26. The lowest BCUT2D eigenvalue weighted by Crippen LogP contribution is -2.24. The average Bonchev–Trinajstić information content (AvgIpc) is 2.68. The van der Waals surface area contributed by atoms with Gasteiger partial charge in [0.15, 0.2) is 0 Å². The van der Waals surface area contributed by atoms with Gasteiger partial charge in [-0.1, -0.05) is 39.0 Å². The predicted octanol–water partition coefficient (Wildman–Crippen LogP) is 4.32. The highest BCUT2D eigenvalue weighted by Gasteiger charge is 2.34. The molecule has 0 aliphatic heterocycles. The predicted molar refractivity (Wildman–Crippen MR) is 113 cm³/mol. The molecule has 0 unspecified atom stereocenters. The van der Waals surface area contributed by atoms with Crippen molar-refractivity contribution in [1.29, 1.82) is 5.41 Å². The molecule has 5 N–H and O–H groups in total. The first-order valence-corrected chi connectivity index (χ1v) is 9.78. The molecular formula is C21H27F3N6. The number of hydrogen-bond donors (Lipinski definition) is 3. The summed E-state index contributed by atoms with van der Waals surface area (Å²) in [5, 5.41) is 10.8. The Morgan fingerprint density at radius 3 is 2.33 bits per heavy atom. The Bertz CT molecular complexity index is 1070. The van der Waals surface area contributed by atoms with Gasteiger partial charge >= 0.3 is 6.18 Å². The van der Waals surface area contributed by atoms with Crippen LogP contribution in [0.4, 0.5) is 24.9 Å². The van der Waals surface area contributed by atoms with E-state index in [0.717, 1.165) is 31.2 Å². The average molecular weight is 420 g/mol. The monoisotopic (exact) mass is 420 g/mol. The summed E-state index contributed by atoms with van der Waals surface area (Å²) >= 11 is 0. The molecule has 2 aromatic heterocycles. The van der Waals surface area contributed by atoms with E-state index in [2.05, 4.69) is 59.6 Å². The van der Waals surface area contributed by atoms with Crippen LogP contribution < -0.4 is 17.0 Å². The van der Waals surface area contributed by atoms with E-state index in [1.165, 1.54) is 16.6 Å². The number of hydrogen-bond acceptors (Lipinski definition) is 5. The van der Waals surface area contributed by atoms with E-state index in [0.29, 0.717) is 11.7 Å². The van der Waals surface area contributed by atoms with E-state index in [1.807, 2.05) is 0 Å². The Balaban J connectivity index is 0.000000232. The number of alkyl halides is 3. The van der Waals surface area contributed by atoms with Gasteiger partial charge in [-0.15, -0.1) is 0 Å². The van der Waals surface area contributed by atoms with Crippen LogP contribution in [0.1, 0.15) is 44.0 Å². The zero-order valence-electron chi connectivity index (χ0n) is 17.3. The maximum atomic E-state index is 12.0. The molecule has 0 aliphatic carbocycles. The smallest absolute Gasteiger partial charge is 0.383 e. The number of halogens is 3. The van der Waals surface area contributed by atoms with E-state index >= 15 is 0 Å². The summed E-state index contributed by atoms with van der Waals surface area (Å²) < 4.78 is 38.1. The molecule has 162 valence electrons. The van der Waals surface area contributed by atoms with Crippen LogP contribution in [-0.4, -0.2) is 14.5 Å². The van der Waals surface area contributed by atoms with Crippen LogP contribution in [0.3, 0.4) is 0 Å². The highest BCUT2D eigenvalue weighted by atomic mass is 19.4. The molecule has 0 fully saturated rings. The van der Waals surface area contributed by atoms with Crippen LogP contribution in [0.15, 0.2) is 30.5 Å². The van der Waals surface area contributed by atoms with Crippen LogP contribution in [0.5, 0.6) is 0 Å². The zero-order chi connectivity index (χ0) is 22.5. The van der Waals surface area contributed by atoms with Crippen LogP contribution in [0.2, 0.25) is 0 Å². The summed E-state index contributed by atoms with van der Waals surface area (Å²) in [6.45, 7) is 7.43. The maximum absolute atomic E-state index is 12.0. The Morgan fingerprint density at radius 2 is 1.80 bits per heavy atom. The van der Waals surface area contributed by atoms with E-state index in [1.54, 1.807) is 0 Å². The summed E-state index contributed by atoms with van der Waals surface area (Å²) in [5.41, 5.74) is 12.1. The Hall–Kier alpha value is -3.10. The lowest BCUT2D eigenvalue weighted by atomic mass is 10.0. The first-order chi connectivity index (χ1) is 14.1. The van der Waals surface area contributed by atoms with Gasteiger partial charge in [0.2, 0.25) is 5.95 Å². The van der Waals surface area contributed by atoms with Crippen molar-refractivity contribution in [3.63, 3.8) is 0 Å².